The SMILES string of the molecule is CC/C=C\C/C=C\CCCCCCCCCCCCCCCCC(=O)NC(CO)C(O)C(O)CCC/C=C/CC/C=C/CCCCCCCCCCCC. The summed E-state index contributed by atoms with van der Waals surface area (Å²) in [5.41, 5.74) is 0. The van der Waals surface area contributed by atoms with Gasteiger partial charge in [-0.2, -0.15) is 0 Å². The van der Waals surface area contributed by atoms with Crippen LogP contribution in [0.2, 0.25) is 0 Å². The van der Waals surface area contributed by atoms with E-state index in [4.69, 9.17) is 0 Å². The van der Waals surface area contributed by atoms with Crippen molar-refractivity contribution in [3.63, 3.8) is 0 Å². The van der Waals surface area contributed by atoms with E-state index in [0.717, 1.165) is 57.8 Å². The fourth-order valence-electron chi connectivity index (χ4n) is 7.04. The predicted molar refractivity (Wildman–Crippen MR) is 236 cm³/mol. The molecule has 5 nitrogen and oxygen atoms in total. The molecular formula is C49H91NO4. The monoisotopic (exact) mass is 758 g/mol. The molecule has 0 heterocycles. The third-order valence-electron chi connectivity index (χ3n) is 10.6. The lowest BCUT2D eigenvalue weighted by Crippen LogP contribution is -2.50. The van der Waals surface area contributed by atoms with E-state index in [1.54, 1.807) is 0 Å². The Hall–Kier alpha value is -1.69. The van der Waals surface area contributed by atoms with Crippen molar-refractivity contribution in [1.82, 2.24) is 5.32 Å². The number of amides is 1. The van der Waals surface area contributed by atoms with Crippen LogP contribution in [0.4, 0.5) is 0 Å². The van der Waals surface area contributed by atoms with E-state index in [2.05, 4.69) is 67.8 Å². The Balaban J connectivity index is 3.66. The number of nitrogens with one attached hydrogen (secondary N) is 1. The Bertz CT molecular complexity index is 881. The number of unbranched alkanes of at least 4 members (excludes halogenated alkanes) is 26. The minimum atomic E-state index is -1.17. The molecule has 0 rings (SSSR count). The first kappa shape index (κ1) is 52.3. The van der Waals surface area contributed by atoms with Gasteiger partial charge in [-0.1, -0.05) is 197 Å². The van der Waals surface area contributed by atoms with Crippen LogP contribution in [0.5, 0.6) is 0 Å². The number of aliphatic hydroxyl groups excluding tert-OH is 3. The van der Waals surface area contributed by atoms with Crippen LogP contribution < -0.4 is 5.32 Å². The standard InChI is InChI=1S/C49H91NO4/c1-3-5-7-9-11-13-15-17-19-21-23-24-26-28-30-32-34-36-38-40-42-44-48(53)50-46(45-51)49(54)47(52)43-41-39-37-35-33-31-29-27-25-22-20-18-16-14-12-10-8-6-4-2/h5,7,11,13,27,29,35,37,46-47,49,51-52,54H,3-4,6,8-10,12,14-26,28,30-34,36,38-45H2,1-2H3,(H,50,53)/b7-5-,13-11-,29-27+,37-35+. The summed E-state index contributed by atoms with van der Waals surface area (Å²) in [5, 5.41) is 33.6. The molecule has 4 N–H and O–H groups in total. The molecule has 1 amide bonds. The quantitative estimate of drug-likeness (QED) is 0.0369. The Morgan fingerprint density at radius 3 is 1.33 bits per heavy atom. The number of hydrogen-bond donors (Lipinski definition) is 4. The number of carbonyl (C=O) groups is 1. The first-order valence-corrected chi connectivity index (χ1v) is 23.4. The van der Waals surface area contributed by atoms with Crippen LogP contribution in [0.1, 0.15) is 232 Å². The van der Waals surface area contributed by atoms with E-state index in [-0.39, 0.29) is 12.5 Å². The largest absolute Gasteiger partial charge is 0.394 e. The molecule has 3 atom stereocenters. The van der Waals surface area contributed by atoms with Crippen LogP contribution in [0.15, 0.2) is 48.6 Å². The first-order chi connectivity index (χ1) is 26.6. The van der Waals surface area contributed by atoms with Crippen LogP contribution in [0.3, 0.4) is 0 Å². The lowest BCUT2D eigenvalue weighted by Gasteiger charge is -2.26. The average molecular weight is 758 g/mol. The van der Waals surface area contributed by atoms with Crippen molar-refractivity contribution < 1.29 is 20.1 Å². The van der Waals surface area contributed by atoms with Crippen LogP contribution in [0.25, 0.3) is 0 Å². The van der Waals surface area contributed by atoms with Crippen molar-refractivity contribution in [2.75, 3.05) is 6.61 Å². The Labute approximate surface area is 336 Å². The molecule has 0 saturated carbocycles. The molecule has 5 heteroatoms. The Kier molecular flexibility index (Phi) is 42.7. The topological polar surface area (TPSA) is 89.8 Å². The van der Waals surface area contributed by atoms with E-state index in [9.17, 15) is 20.1 Å². The fraction of sp³-hybridized carbons (Fsp3) is 0.816. The maximum absolute atomic E-state index is 12.4. The minimum absolute atomic E-state index is 0.159. The molecule has 0 aliphatic heterocycles. The lowest BCUT2D eigenvalue weighted by molar-refractivity contribution is -0.124. The van der Waals surface area contributed by atoms with Gasteiger partial charge in [-0.25, -0.2) is 0 Å². The molecule has 0 spiro atoms. The molecule has 0 bridgehead atoms. The molecule has 3 unspecified atom stereocenters. The van der Waals surface area contributed by atoms with Crippen molar-refractivity contribution >= 4 is 5.91 Å². The maximum Gasteiger partial charge on any atom is 0.220 e. The van der Waals surface area contributed by atoms with Gasteiger partial charge in [-0.3, -0.25) is 4.79 Å². The van der Waals surface area contributed by atoms with Crippen LogP contribution >= 0.6 is 0 Å². The summed E-state index contributed by atoms with van der Waals surface area (Å²) in [5.74, 6) is -0.159. The van der Waals surface area contributed by atoms with Gasteiger partial charge in [0.25, 0.3) is 0 Å². The van der Waals surface area contributed by atoms with Crippen molar-refractivity contribution in [1.29, 1.82) is 0 Å². The number of allylic oxidation sites excluding steroid dienone is 8. The number of carbonyl (C=O) groups excluding carboxylic acids is 1. The Morgan fingerprint density at radius 2 is 0.870 bits per heavy atom. The van der Waals surface area contributed by atoms with Gasteiger partial charge in [0.05, 0.1) is 18.8 Å². The van der Waals surface area contributed by atoms with Crippen LogP contribution in [-0.2, 0) is 4.79 Å². The molecular weight excluding hydrogens is 667 g/mol. The van der Waals surface area contributed by atoms with Gasteiger partial charge >= 0.3 is 0 Å². The molecule has 0 aromatic carbocycles. The smallest absolute Gasteiger partial charge is 0.220 e. The maximum atomic E-state index is 12.4. The second kappa shape index (κ2) is 44.0. The molecule has 0 radical (unpaired) electrons. The fourth-order valence-corrected chi connectivity index (χ4v) is 7.04. The second-order valence-corrected chi connectivity index (χ2v) is 15.9. The predicted octanol–water partition coefficient (Wildman–Crippen LogP) is 13.7. The van der Waals surface area contributed by atoms with E-state index < -0.39 is 18.2 Å². The molecule has 0 aromatic heterocycles. The normalized spacial score (nSPS) is 13.9. The van der Waals surface area contributed by atoms with Gasteiger partial charge in [0.2, 0.25) is 5.91 Å². The summed E-state index contributed by atoms with van der Waals surface area (Å²) in [7, 11) is 0. The van der Waals surface area contributed by atoms with Gasteiger partial charge in [-0.05, 0) is 77.0 Å². The van der Waals surface area contributed by atoms with E-state index >= 15 is 0 Å². The van der Waals surface area contributed by atoms with Gasteiger partial charge in [0, 0.05) is 6.42 Å². The van der Waals surface area contributed by atoms with Gasteiger partial charge in [0.1, 0.15) is 6.10 Å². The highest BCUT2D eigenvalue weighted by molar-refractivity contribution is 5.76. The summed E-state index contributed by atoms with van der Waals surface area (Å²) in [6.45, 7) is 4.07. The van der Waals surface area contributed by atoms with Gasteiger partial charge < -0.3 is 20.6 Å². The van der Waals surface area contributed by atoms with Crippen molar-refractivity contribution in [3.8, 4) is 0 Å². The van der Waals surface area contributed by atoms with Crippen molar-refractivity contribution in [2.24, 2.45) is 0 Å². The highest BCUT2D eigenvalue weighted by Gasteiger charge is 2.26. The number of rotatable bonds is 42. The van der Waals surface area contributed by atoms with Crippen LogP contribution in [-0.4, -0.2) is 46.1 Å². The van der Waals surface area contributed by atoms with Gasteiger partial charge in [0.15, 0.2) is 0 Å². The molecule has 0 aromatic rings. The summed E-state index contributed by atoms with van der Waals surface area (Å²) in [6, 6.07) is -0.833. The summed E-state index contributed by atoms with van der Waals surface area (Å²) < 4.78 is 0. The zero-order valence-corrected chi connectivity index (χ0v) is 35.8. The summed E-state index contributed by atoms with van der Waals surface area (Å²) in [4.78, 5) is 12.4. The highest BCUT2D eigenvalue weighted by Crippen LogP contribution is 2.15. The summed E-state index contributed by atoms with van der Waals surface area (Å²) in [6.07, 6.45) is 56.6. The molecule has 316 valence electrons. The third kappa shape index (κ3) is 38.6. The van der Waals surface area contributed by atoms with Crippen molar-refractivity contribution in [2.45, 2.75) is 250 Å². The minimum Gasteiger partial charge on any atom is -0.394 e. The second-order valence-electron chi connectivity index (χ2n) is 15.9. The molecule has 0 aliphatic carbocycles. The first-order valence-electron chi connectivity index (χ1n) is 23.4. The number of hydrogen-bond acceptors (Lipinski definition) is 4. The zero-order valence-electron chi connectivity index (χ0n) is 35.8. The Morgan fingerprint density at radius 1 is 0.481 bits per heavy atom. The molecule has 0 fully saturated rings. The van der Waals surface area contributed by atoms with E-state index in [1.165, 1.54) is 148 Å². The highest BCUT2D eigenvalue weighted by atomic mass is 16.3. The van der Waals surface area contributed by atoms with E-state index in [0.29, 0.717) is 12.8 Å². The third-order valence-corrected chi connectivity index (χ3v) is 10.6. The molecule has 54 heavy (non-hydrogen) atoms. The average Bonchev–Trinajstić information content (AvgIpc) is 3.18. The van der Waals surface area contributed by atoms with E-state index in [1.807, 2.05) is 0 Å². The van der Waals surface area contributed by atoms with Gasteiger partial charge in [-0.15, -0.1) is 0 Å². The summed E-state index contributed by atoms with van der Waals surface area (Å²) >= 11 is 0. The molecule has 0 saturated heterocycles. The zero-order chi connectivity index (χ0) is 39.4. The van der Waals surface area contributed by atoms with Crippen molar-refractivity contribution in [3.05, 3.63) is 48.6 Å². The van der Waals surface area contributed by atoms with Crippen LogP contribution in [0, 0.1) is 0 Å². The lowest BCUT2D eigenvalue weighted by atomic mass is 10.0. The molecule has 0 aliphatic rings. The number of aliphatic hydroxyl groups is 3.